The Morgan fingerprint density at radius 2 is 1.56 bits per heavy atom. The van der Waals surface area contributed by atoms with Crippen molar-refractivity contribution in [2.75, 3.05) is 0 Å². The van der Waals surface area contributed by atoms with Gasteiger partial charge in [-0.15, -0.1) is 0 Å². The predicted octanol–water partition coefficient (Wildman–Crippen LogP) is 6.11. The first-order chi connectivity index (χ1) is 17.5. The number of nitrogens with zero attached hydrogens (tertiary/aromatic N) is 1. The number of amides is 2. The summed E-state index contributed by atoms with van der Waals surface area (Å²) in [4.78, 5) is 28.9. The molecule has 3 aromatic rings. The highest BCUT2D eigenvalue weighted by Crippen LogP contribution is 2.22. The van der Waals surface area contributed by atoms with Crippen molar-refractivity contribution in [3.63, 3.8) is 0 Å². The van der Waals surface area contributed by atoms with Gasteiger partial charge in [0, 0.05) is 36.0 Å². The van der Waals surface area contributed by atoms with E-state index in [0.717, 1.165) is 36.8 Å². The molecule has 1 aliphatic rings. The first-order valence-corrected chi connectivity index (χ1v) is 13.0. The summed E-state index contributed by atoms with van der Waals surface area (Å²) in [6, 6.07) is 22.9. The summed E-state index contributed by atoms with van der Waals surface area (Å²) < 4.78 is 14.7. The molecule has 36 heavy (non-hydrogen) atoms. The normalized spacial score (nSPS) is 14.4. The number of halogens is 2. The van der Waals surface area contributed by atoms with E-state index in [9.17, 15) is 14.0 Å². The molecule has 1 fully saturated rings. The molecule has 188 valence electrons. The van der Waals surface area contributed by atoms with Crippen LogP contribution in [0.5, 0.6) is 0 Å². The third-order valence-electron chi connectivity index (χ3n) is 6.84. The summed E-state index contributed by atoms with van der Waals surface area (Å²) in [5.74, 6) is -0.787. The molecule has 3 aromatic carbocycles. The van der Waals surface area contributed by atoms with Crippen LogP contribution in [-0.2, 0) is 29.0 Å². The molecule has 0 aliphatic heterocycles. The second-order valence-electron chi connectivity index (χ2n) is 9.40. The second kappa shape index (κ2) is 12.7. The van der Waals surface area contributed by atoms with Crippen molar-refractivity contribution in [2.24, 2.45) is 0 Å². The van der Waals surface area contributed by atoms with Crippen LogP contribution < -0.4 is 5.32 Å². The maximum absolute atomic E-state index is 14.7. The van der Waals surface area contributed by atoms with Gasteiger partial charge in [0.15, 0.2) is 0 Å². The van der Waals surface area contributed by atoms with Crippen LogP contribution in [0.4, 0.5) is 4.39 Å². The van der Waals surface area contributed by atoms with Crippen LogP contribution in [0.3, 0.4) is 0 Å². The minimum Gasteiger partial charge on any atom is -0.352 e. The molecule has 1 saturated carbocycles. The molecule has 0 spiro atoms. The fraction of sp³-hybridized carbons (Fsp3) is 0.333. The summed E-state index contributed by atoms with van der Waals surface area (Å²) in [7, 11) is 0. The zero-order chi connectivity index (χ0) is 25.3. The molecule has 1 N–H and O–H groups in total. The van der Waals surface area contributed by atoms with Crippen molar-refractivity contribution in [1.82, 2.24) is 10.2 Å². The lowest BCUT2D eigenvalue weighted by atomic mass is 10.0. The van der Waals surface area contributed by atoms with Crippen molar-refractivity contribution < 1.29 is 14.0 Å². The fourth-order valence-electron chi connectivity index (χ4n) is 4.82. The Bertz CT molecular complexity index is 1160. The lowest BCUT2D eigenvalue weighted by Gasteiger charge is -2.32. The Morgan fingerprint density at radius 1 is 0.917 bits per heavy atom. The zero-order valence-corrected chi connectivity index (χ0v) is 21.1. The number of aryl methyl sites for hydroxylation is 1. The van der Waals surface area contributed by atoms with Crippen LogP contribution in [-0.4, -0.2) is 28.8 Å². The molecule has 0 unspecified atom stereocenters. The molecule has 2 amide bonds. The van der Waals surface area contributed by atoms with Crippen LogP contribution in [0, 0.1) is 5.82 Å². The Kier molecular flexibility index (Phi) is 9.12. The topological polar surface area (TPSA) is 49.4 Å². The van der Waals surface area contributed by atoms with Crippen LogP contribution in [0.15, 0.2) is 78.9 Å². The summed E-state index contributed by atoms with van der Waals surface area (Å²) in [5, 5.41) is 3.77. The summed E-state index contributed by atoms with van der Waals surface area (Å²) in [5.41, 5.74) is 2.20. The Morgan fingerprint density at radius 3 is 2.25 bits per heavy atom. The molecular weight excluding hydrogens is 475 g/mol. The largest absolute Gasteiger partial charge is 0.352 e. The van der Waals surface area contributed by atoms with Gasteiger partial charge < -0.3 is 10.2 Å². The minimum atomic E-state index is -0.758. The number of hydrogen-bond donors (Lipinski definition) is 1. The monoisotopic (exact) mass is 506 g/mol. The third-order valence-corrected chi connectivity index (χ3v) is 7.21. The van der Waals surface area contributed by atoms with Gasteiger partial charge in [0.2, 0.25) is 11.8 Å². The van der Waals surface area contributed by atoms with Crippen molar-refractivity contribution in [2.45, 2.75) is 63.6 Å². The number of hydrogen-bond acceptors (Lipinski definition) is 2. The quantitative estimate of drug-likeness (QED) is 0.360. The number of rotatable bonds is 10. The van der Waals surface area contributed by atoms with Crippen LogP contribution in [0.25, 0.3) is 0 Å². The molecule has 0 aromatic heterocycles. The molecule has 0 saturated heterocycles. The molecular formula is C30H32ClFN2O2. The van der Waals surface area contributed by atoms with E-state index in [1.54, 1.807) is 29.2 Å². The standard InChI is InChI=1S/C30H32ClFN2O2/c31-26-16-8-4-12-23(26)18-19-29(35)34(21-24-13-5-9-17-27(24)32)28(20-22-10-2-1-3-11-22)30(36)33-25-14-6-7-15-25/h1-5,8-13,16-17,25,28H,6-7,14-15,18-21H2,(H,33,36)/t28-/m0/s1. The first kappa shape index (κ1) is 25.9. The van der Waals surface area contributed by atoms with E-state index in [1.807, 2.05) is 48.5 Å². The Balaban J connectivity index is 1.63. The van der Waals surface area contributed by atoms with Gasteiger partial charge >= 0.3 is 0 Å². The lowest BCUT2D eigenvalue weighted by molar-refractivity contribution is -0.141. The Hall–Kier alpha value is -3.18. The van der Waals surface area contributed by atoms with Crippen molar-refractivity contribution in [3.8, 4) is 0 Å². The third kappa shape index (κ3) is 6.94. The van der Waals surface area contributed by atoms with Gasteiger partial charge in [0.1, 0.15) is 11.9 Å². The summed E-state index contributed by atoms with van der Waals surface area (Å²) in [6.45, 7) is 0.0175. The van der Waals surface area contributed by atoms with Crippen molar-refractivity contribution >= 4 is 23.4 Å². The summed E-state index contributed by atoms with van der Waals surface area (Å²) in [6.07, 6.45) is 5.02. The minimum absolute atomic E-state index is 0.0175. The highest BCUT2D eigenvalue weighted by Gasteiger charge is 2.32. The van der Waals surface area contributed by atoms with Crippen molar-refractivity contribution in [3.05, 3.63) is 106 Å². The molecule has 1 aliphatic carbocycles. The van der Waals surface area contributed by atoms with E-state index >= 15 is 0 Å². The number of benzene rings is 3. The van der Waals surface area contributed by atoms with Crippen LogP contribution >= 0.6 is 11.6 Å². The molecule has 0 heterocycles. The highest BCUT2D eigenvalue weighted by molar-refractivity contribution is 6.31. The lowest BCUT2D eigenvalue weighted by Crippen LogP contribution is -2.52. The van der Waals surface area contributed by atoms with E-state index in [-0.39, 0.29) is 30.8 Å². The van der Waals surface area contributed by atoms with Gasteiger partial charge in [-0.05, 0) is 42.5 Å². The predicted molar refractivity (Wildman–Crippen MR) is 141 cm³/mol. The average molecular weight is 507 g/mol. The molecule has 4 rings (SSSR count). The van der Waals surface area contributed by atoms with Gasteiger partial charge in [-0.25, -0.2) is 4.39 Å². The molecule has 0 radical (unpaired) electrons. The smallest absolute Gasteiger partial charge is 0.243 e. The van der Waals surface area contributed by atoms with Gasteiger partial charge in [-0.1, -0.05) is 91.2 Å². The SMILES string of the molecule is O=C(NC1CCCC1)[C@H](Cc1ccccc1)N(Cc1ccccc1F)C(=O)CCc1ccccc1Cl. The van der Waals surface area contributed by atoms with Gasteiger partial charge in [-0.2, -0.15) is 0 Å². The first-order valence-electron chi connectivity index (χ1n) is 12.6. The second-order valence-corrected chi connectivity index (χ2v) is 9.81. The van der Waals surface area contributed by atoms with Gasteiger partial charge in [0.05, 0.1) is 0 Å². The molecule has 0 bridgehead atoms. The van der Waals surface area contributed by atoms with Gasteiger partial charge in [-0.3, -0.25) is 9.59 Å². The molecule has 1 atom stereocenters. The maximum Gasteiger partial charge on any atom is 0.243 e. The number of carbonyl (C=O) groups is 2. The van der Waals surface area contributed by atoms with Gasteiger partial charge in [0.25, 0.3) is 0 Å². The zero-order valence-electron chi connectivity index (χ0n) is 20.3. The van der Waals surface area contributed by atoms with Crippen LogP contribution in [0.2, 0.25) is 5.02 Å². The molecule has 6 heteroatoms. The number of carbonyl (C=O) groups excluding carboxylic acids is 2. The van der Waals surface area contributed by atoms with Crippen molar-refractivity contribution in [1.29, 1.82) is 0 Å². The van der Waals surface area contributed by atoms with E-state index < -0.39 is 11.9 Å². The fourth-order valence-corrected chi connectivity index (χ4v) is 5.05. The molecule has 4 nitrogen and oxygen atoms in total. The highest BCUT2D eigenvalue weighted by atomic mass is 35.5. The maximum atomic E-state index is 14.7. The van der Waals surface area contributed by atoms with E-state index in [1.165, 1.54) is 6.07 Å². The van der Waals surface area contributed by atoms with E-state index in [2.05, 4.69) is 5.32 Å². The average Bonchev–Trinajstić information content (AvgIpc) is 3.40. The van der Waals surface area contributed by atoms with E-state index in [4.69, 9.17) is 11.6 Å². The summed E-state index contributed by atoms with van der Waals surface area (Å²) >= 11 is 6.31. The number of nitrogens with one attached hydrogen (secondary N) is 1. The Labute approximate surface area is 217 Å². The van der Waals surface area contributed by atoms with Crippen LogP contribution in [0.1, 0.15) is 48.8 Å². The van der Waals surface area contributed by atoms with E-state index in [0.29, 0.717) is 23.4 Å².